The average molecular weight is 385 g/mol. The number of anilines is 3. The molecule has 0 atom stereocenters. The topological polar surface area (TPSA) is 50.6 Å². The Bertz CT molecular complexity index is 947. The van der Waals surface area contributed by atoms with Crippen LogP contribution in [-0.2, 0) is 11.3 Å². The zero-order chi connectivity index (χ0) is 19.0. The van der Waals surface area contributed by atoms with E-state index in [4.69, 9.17) is 16.3 Å². The Morgan fingerprint density at radius 3 is 2.85 bits per heavy atom. The number of ether oxygens (including phenoxy) is 1. The number of hydrogen-bond donors (Lipinski definition) is 0. The van der Waals surface area contributed by atoms with Crippen molar-refractivity contribution in [2.45, 2.75) is 19.4 Å². The van der Waals surface area contributed by atoms with Crippen molar-refractivity contribution in [3.8, 4) is 0 Å². The van der Waals surface area contributed by atoms with Crippen molar-refractivity contribution < 1.29 is 9.53 Å². The second-order valence-corrected chi connectivity index (χ2v) is 7.00. The first-order valence-corrected chi connectivity index (χ1v) is 9.29. The molecule has 1 aliphatic heterocycles. The number of fused-ring (bicyclic) bond motifs is 2. The van der Waals surface area contributed by atoms with E-state index in [2.05, 4.69) is 17.3 Å². The van der Waals surface area contributed by atoms with Crippen LogP contribution in [-0.4, -0.2) is 36.5 Å². The molecule has 6 nitrogen and oxygen atoms in total. The van der Waals surface area contributed by atoms with Gasteiger partial charge in [0.15, 0.2) is 5.82 Å². The van der Waals surface area contributed by atoms with Crippen molar-refractivity contribution in [2.24, 2.45) is 0 Å². The molecule has 7 heteroatoms. The highest BCUT2D eigenvalue weighted by Gasteiger charge is 2.33. The largest absolute Gasteiger partial charge is 0.383 e. The highest BCUT2D eigenvalue weighted by atomic mass is 35.5. The SMILES string of the molecule is COCCn1cc2c(n1)N(C)c1ccc(Cl)cc1N(C1=CCCC=C1)C2=O. The van der Waals surface area contributed by atoms with E-state index in [-0.39, 0.29) is 5.91 Å². The summed E-state index contributed by atoms with van der Waals surface area (Å²) in [4.78, 5) is 17.2. The van der Waals surface area contributed by atoms with E-state index < -0.39 is 0 Å². The molecule has 2 aliphatic rings. The number of benzene rings is 1. The summed E-state index contributed by atoms with van der Waals surface area (Å²) in [5.41, 5.74) is 3.05. The fourth-order valence-corrected chi connectivity index (χ4v) is 3.60. The van der Waals surface area contributed by atoms with Crippen LogP contribution in [0.4, 0.5) is 17.2 Å². The van der Waals surface area contributed by atoms with Gasteiger partial charge in [0, 0.05) is 31.1 Å². The number of aromatic nitrogens is 2. The Kier molecular flexibility index (Phi) is 4.76. The lowest BCUT2D eigenvalue weighted by Gasteiger charge is -2.26. The van der Waals surface area contributed by atoms with Gasteiger partial charge in [-0.05, 0) is 37.1 Å². The van der Waals surface area contributed by atoms with Gasteiger partial charge < -0.3 is 9.64 Å². The van der Waals surface area contributed by atoms with Crippen LogP contribution in [0, 0.1) is 0 Å². The van der Waals surface area contributed by atoms with Crippen LogP contribution < -0.4 is 9.80 Å². The Hall–Kier alpha value is -2.57. The molecule has 0 unspecified atom stereocenters. The van der Waals surface area contributed by atoms with Gasteiger partial charge in [-0.25, -0.2) is 0 Å². The van der Waals surface area contributed by atoms with E-state index in [0.29, 0.717) is 29.6 Å². The van der Waals surface area contributed by atoms with Crippen molar-refractivity contribution in [2.75, 3.05) is 30.6 Å². The summed E-state index contributed by atoms with van der Waals surface area (Å²) in [7, 11) is 3.57. The minimum Gasteiger partial charge on any atom is -0.383 e. The van der Waals surface area contributed by atoms with Crippen LogP contribution in [0.1, 0.15) is 23.2 Å². The number of rotatable bonds is 4. The minimum absolute atomic E-state index is 0.112. The Balaban J connectivity index is 1.89. The van der Waals surface area contributed by atoms with Crippen LogP contribution in [0.2, 0.25) is 5.02 Å². The molecule has 0 saturated heterocycles. The molecule has 1 aliphatic carbocycles. The minimum atomic E-state index is -0.112. The predicted octanol–water partition coefficient (Wildman–Crippen LogP) is 4.14. The quantitative estimate of drug-likeness (QED) is 0.794. The van der Waals surface area contributed by atoms with Crippen molar-refractivity contribution >= 4 is 34.7 Å². The summed E-state index contributed by atoms with van der Waals surface area (Å²) in [6.07, 6.45) is 9.84. The highest BCUT2D eigenvalue weighted by Crippen LogP contribution is 2.42. The van der Waals surface area contributed by atoms with E-state index in [1.165, 1.54) is 0 Å². The number of nitrogens with zero attached hydrogens (tertiary/aromatic N) is 4. The van der Waals surface area contributed by atoms with Gasteiger partial charge in [0.25, 0.3) is 5.91 Å². The summed E-state index contributed by atoms with van der Waals surface area (Å²) in [5, 5.41) is 5.21. The number of hydrogen-bond acceptors (Lipinski definition) is 4. The smallest absolute Gasteiger partial charge is 0.268 e. The lowest BCUT2D eigenvalue weighted by Crippen LogP contribution is -2.29. The number of methoxy groups -OCH3 is 1. The molecule has 0 spiro atoms. The van der Waals surface area contributed by atoms with Crippen LogP contribution in [0.25, 0.3) is 0 Å². The predicted molar refractivity (Wildman–Crippen MR) is 107 cm³/mol. The molecule has 0 radical (unpaired) electrons. The van der Waals surface area contributed by atoms with Crippen LogP contribution in [0.5, 0.6) is 0 Å². The van der Waals surface area contributed by atoms with Gasteiger partial charge >= 0.3 is 0 Å². The molecular formula is C20H21ClN4O2. The maximum atomic E-state index is 13.5. The van der Waals surface area contributed by atoms with Gasteiger partial charge in [-0.2, -0.15) is 5.10 Å². The molecule has 0 saturated carbocycles. The highest BCUT2D eigenvalue weighted by molar-refractivity contribution is 6.31. The fraction of sp³-hybridized carbons (Fsp3) is 0.300. The normalized spacial score (nSPS) is 16.1. The van der Waals surface area contributed by atoms with E-state index in [1.54, 1.807) is 22.9 Å². The molecule has 1 amide bonds. The van der Waals surface area contributed by atoms with Crippen molar-refractivity contribution in [3.63, 3.8) is 0 Å². The van der Waals surface area contributed by atoms with E-state index in [1.807, 2.05) is 36.2 Å². The molecule has 4 rings (SSSR count). The molecule has 27 heavy (non-hydrogen) atoms. The van der Waals surface area contributed by atoms with Gasteiger partial charge in [-0.1, -0.05) is 23.8 Å². The third kappa shape index (κ3) is 3.15. The molecule has 1 aromatic heterocycles. The van der Waals surface area contributed by atoms with E-state index >= 15 is 0 Å². The number of allylic oxidation sites excluding steroid dienone is 3. The number of amides is 1. The Morgan fingerprint density at radius 1 is 1.26 bits per heavy atom. The first kappa shape index (κ1) is 17.8. The standard InChI is InChI=1S/C20H21ClN4O2/c1-23-17-9-8-14(21)12-18(17)25(15-6-4-3-5-7-15)20(26)16-13-24(10-11-27-2)22-19(16)23/h4,6-9,12-13H,3,5,10-11H2,1-2H3. The third-order valence-electron chi connectivity index (χ3n) is 4.79. The lowest BCUT2D eigenvalue weighted by atomic mass is 10.1. The third-order valence-corrected chi connectivity index (χ3v) is 5.03. The number of carbonyl (C=O) groups is 1. The van der Waals surface area contributed by atoms with Crippen LogP contribution in [0.15, 0.2) is 48.3 Å². The summed E-state index contributed by atoms with van der Waals surface area (Å²) >= 11 is 6.27. The Morgan fingerprint density at radius 2 is 2.11 bits per heavy atom. The van der Waals surface area contributed by atoms with Crippen LogP contribution >= 0.6 is 11.6 Å². The Labute approximate surface area is 163 Å². The molecule has 2 heterocycles. The maximum Gasteiger partial charge on any atom is 0.268 e. The van der Waals surface area contributed by atoms with Crippen molar-refractivity contribution in [1.29, 1.82) is 0 Å². The molecule has 0 bridgehead atoms. The van der Waals surface area contributed by atoms with Crippen molar-refractivity contribution in [3.05, 3.63) is 58.9 Å². The van der Waals surface area contributed by atoms with Crippen molar-refractivity contribution in [1.82, 2.24) is 9.78 Å². The van der Waals surface area contributed by atoms with Gasteiger partial charge in [0.1, 0.15) is 5.56 Å². The molecule has 1 aromatic carbocycles. The molecule has 0 fully saturated rings. The molecule has 0 N–H and O–H groups in total. The zero-order valence-electron chi connectivity index (χ0n) is 15.4. The van der Waals surface area contributed by atoms with Crippen LogP contribution in [0.3, 0.4) is 0 Å². The van der Waals surface area contributed by atoms with E-state index in [9.17, 15) is 4.79 Å². The second kappa shape index (κ2) is 7.21. The zero-order valence-corrected chi connectivity index (χ0v) is 16.1. The average Bonchev–Trinajstić information content (AvgIpc) is 3.08. The summed E-state index contributed by atoms with van der Waals surface area (Å²) in [6, 6.07) is 5.59. The van der Waals surface area contributed by atoms with E-state index in [0.717, 1.165) is 29.9 Å². The summed E-state index contributed by atoms with van der Waals surface area (Å²) < 4.78 is 6.90. The second-order valence-electron chi connectivity index (χ2n) is 6.56. The molecule has 140 valence electrons. The molecular weight excluding hydrogens is 364 g/mol. The monoisotopic (exact) mass is 384 g/mol. The van der Waals surface area contributed by atoms with Gasteiger partial charge in [0.2, 0.25) is 0 Å². The lowest BCUT2D eigenvalue weighted by molar-refractivity contribution is 0.0996. The van der Waals surface area contributed by atoms with Gasteiger partial charge in [0.05, 0.1) is 24.5 Å². The summed E-state index contributed by atoms with van der Waals surface area (Å²) in [6.45, 7) is 1.11. The summed E-state index contributed by atoms with van der Waals surface area (Å²) in [5.74, 6) is 0.516. The maximum absolute atomic E-state index is 13.5. The molecule has 2 aromatic rings. The number of carbonyl (C=O) groups excluding carboxylic acids is 1. The first-order chi connectivity index (χ1) is 13.1. The fourth-order valence-electron chi connectivity index (χ4n) is 3.43. The number of halogens is 1. The van der Waals surface area contributed by atoms with Gasteiger partial charge in [-0.15, -0.1) is 0 Å². The first-order valence-electron chi connectivity index (χ1n) is 8.91. The van der Waals surface area contributed by atoms with Gasteiger partial charge in [-0.3, -0.25) is 14.4 Å².